The maximum absolute atomic E-state index is 12.5. The van der Waals surface area contributed by atoms with Gasteiger partial charge in [-0.25, -0.2) is 4.79 Å². The number of thiophene rings is 1. The summed E-state index contributed by atoms with van der Waals surface area (Å²) in [4.78, 5) is 37.1. The largest absolute Gasteiger partial charge is 0.478 e. The number of nitrogens with zero attached hydrogens (tertiary/aromatic N) is 1. The fourth-order valence-corrected chi connectivity index (χ4v) is 2.89. The number of carbonyl (C=O) groups excluding carboxylic acids is 2. The maximum atomic E-state index is 12.5. The van der Waals surface area contributed by atoms with Crippen molar-refractivity contribution < 1.29 is 19.5 Å². The molecule has 7 heteroatoms. The van der Waals surface area contributed by atoms with E-state index < -0.39 is 11.5 Å². The molecule has 2 rings (SSSR count). The average Bonchev–Trinajstić information content (AvgIpc) is 2.87. The summed E-state index contributed by atoms with van der Waals surface area (Å²) in [5.74, 6) is -1.44. The van der Waals surface area contributed by atoms with Crippen molar-refractivity contribution in [1.82, 2.24) is 10.2 Å². The molecule has 0 unspecified atom stereocenters. The first-order valence-electron chi connectivity index (χ1n) is 6.42. The Morgan fingerprint density at radius 2 is 2.19 bits per heavy atom. The Labute approximate surface area is 126 Å². The standard InChI is InChI=1S/C14H16N2O4S/c1-14(2)13(20)15-5-6-16(14)12(19)9-7-10(21-8-9)3-4-11(17)18/h3-4,7-8H,5-6H2,1-2H3,(H,15,20)(H,17,18). The minimum Gasteiger partial charge on any atom is -0.478 e. The molecule has 0 saturated carbocycles. The van der Waals surface area contributed by atoms with Crippen LogP contribution in [0.25, 0.3) is 6.08 Å². The summed E-state index contributed by atoms with van der Waals surface area (Å²) < 4.78 is 0. The Balaban J connectivity index is 2.20. The summed E-state index contributed by atoms with van der Waals surface area (Å²) >= 11 is 1.29. The summed E-state index contributed by atoms with van der Waals surface area (Å²) in [6.07, 6.45) is 2.47. The maximum Gasteiger partial charge on any atom is 0.328 e. The first kappa shape index (κ1) is 15.2. The number of carboxylic acid groups (broad SMARTS) is 1. The minimum absolute atomic E-state index is 0.177. The van der Waals surface area contributed by atoms with Crippen LogP contribution in [0.5, 0.6) is 0 Å². The normalized spacial score (nSPS) is 17.8. The van der Waals surface area contributed by atoms with Crippen molar-refractivity contribution in [1.29, 1.82) is 0 Å². The van der Waals surface area contributed by atoms with E-state index in [1.54, 1.807) is 30.2 Å². The number of carbonyl (C=O) groups is 3. The molecule has 0 radical (unpaired) electrons. The Morgan fingerprint density at radius 3 is 2.86 bits per heavy atom. The van der Waals surface area contributed by atoms with Gasteiger partial charge < -0.3 is 15.3 Å². The first-order valence-corrected chi connectivity index (χ1v) is 7.30. The van der Waals surface area contributed by atoms with Crippen molar-refractivity contribution in [2.24, 2.45) is 0 Å². The Hall–Kier alpha value is -2.15. The van der Waals surface area contributed by atoms with Crippen LogP contribution in [0.1, 0.15) is 29.1 Å². The van der Waals surface area contributed by atoms with Crippen molar-refractivity contribution >= 4 is 35.2 Å². The second-order valence-electron chi connectivity index (χ2n) is 5.18. The molecule has 0 spiro atoms. The Kier molecular flexibility index (Phi) is 4.13. The van der Waals surface area contributed by atoms with Crippen LogP contribution >= 0.6 is 11.3 Å². The molecule has 6 nitrogen and oxygen atoms in total. The predicted molar refractivity (Wildman–Crippen MR) is 79.1 cm³/mol. The predicted octanol–water partition coefficient (Wildman–Crippen LogP) is 1.20. The van der Waals surface area contributed by atoms with Gasteiger partial charge in [-0.3, -0.25) is 9.59 Å². The molecular weight excluding hydrogens is 292 g/mol. The molecular formula is C14H16N2O4S. The number of aliphatic carboxylic acids is 1. The first-order chi connectivity index (χ1) is 9.82. The van der Waals surface area contributed by atoms with E-state index >= 15 is 0 Å². The highest BCUT2D eigenvalue weighted by Gasteiger charge is 2.40. The van der Waals surface area contributed by atoms with Gasteiger partial charge in [-0.1, -0.05) is 0 Å². The zero-order chi connectivity index (χ0) is 15.6. The van der Waals surface area contributed by atoms with Gasteiger partial charge in [-0.15, -0.1) is 11.3 Å². The number of nitrogens with one attached hydrogen (secondary N) is 1. The number of piperazine rings is 1. The van der Waals surface area contributed by atoms with Crippen LogP contribution in [0.3, 0.4) is 0 Å². The summed E-state index contributed by atoms with van der Waals surface area (Å²) in [5, 5.41) is 13.0. The summed E-state index contributed by atoms with van der Waals surface area (Å²) in [5.41, 5.74) is -0.429. The molecule has 1 aliphatic heterocycles. The molecule has 0 bridgehead atoms. The van der Waals surface area contributed by atoms with Gasteiger partial charge >= 0.3 is 5.97 Å². The van der Waals surface area contributed by atoms with E-state index in [1.807, 2.05) is 0 Å². The van der Waals surface area contributed by atoms with Crippen molar-refractivity contribution in [3.05, 3.63) is 28.0 Å². The van der Waals surface area contributed by atoms with Gasteiger partial charge in [0.25, 0.3) is 5.91 Å². The highest BCUT2D eigenvalue weighted by molar-refractivity contribution is 7.11. The second kappa shape index (κ2) is 5.69. The molecule has 0 atom stereocenters. The lowest BCUT2D eigenvalue weighted by Gasteiger charge is -2.41. The molecule has 1 aromatic rings. The van der Waals surface area contributed by atoms with Crippen LogP contribution < -0.4 is 5.32 Å². The molecule has 1 aliphatic rings. The van der Waals surface area contributed by atoms with Crippen LogP contribution in [-0.4, -0.2) is 46.4 Å². The van der Waals surface area contributed by atoms with Gasteiger partial charge in [0.15, 0.2) is 0 Å². The van der Waals surface area contributed by atoms with Crippen LogP contribution in [0.2, 0.25) is 0 Å². The third-order valence-electron chi connectivity index (χ3n) is 3.35. The highest BCUT2D eigenvalue weighted by atomic mass is 32.1. The summed E-state index contributed by atoms with van der Waals surface area (Å²) in [6, 6.07) is 1.63. The van der Waals surface area contributed by atoms with Gasteiger partial charge in [0.1, 0.15) is 5.54 Å². The second-order valence-corrected chi connectivity index (χ2v) is 6.12. The summed E-state index contributed by atoms with van der Waals surface area (Å²) in [6.45, 7) is 4.30. The van der Waals surface area contributed by atoms with Crippen molar-refractivity contribution in [3.8, 4) is 0 Å². The number of carboxylic acids is 1. The monoisotopic (exact) mass is 308 g/mol. The quantitative estimate of drug-likeness (QED) is 0.821. The molecule has 112 valence electrons. The van der Waals surface area contributed by atoms with E-state index in [2.05, 4.69) is 5.32 Å². The van der Waals surface area contributed by atoms with E-state index in [0.717, 1.165) is 6.08 Å². The molecule has 2 N–H and O–H groups in total. The molecule has 1 saturated heterocycles. The van der Waals surface area contributed by atoms with Crippen LogP contribution in [-0.2, 0) is 9.59 Å². The van der Waals surface area contributed by atoms with Gasteiger partial charge in [0.05, 0.1) is 5.56 Å². The van der Waals surface area contributed by atoms with Crippen molar-refractivity contribution in [3.63, 3.8) is 0 Å². The number of rotatable bonds is 3. The van der Waals surface area contributed by atoms with E-state index in [4.69, 9.17) is 5.11 Å². The molecule has 2 heterocycles. The number of hydrogen-bond donors (Lipinski definition) is 2. The fourth-order valence-electron chi connectivity index (χ4n) is 2.12. The average molecular weight is 308 g/mol. The molecule has 0 aromatic carbocycles. The molecule has 1 fully saturated rings. The van der Waals surface area contributed by atoms with E-state index in [0.29, 0.717) is 23.5 Å². The lowest BCUT2D eigenvalue weighted by atomic mass is 9.98. The molecule has 21 heavy (non-hydrogen) atoms. The minimum atomic E-state index is -1.04. The van der Waals surface area contributed by atoms with E-state index in [9.17, 15) is 14.4 Å². The van der Waals surface area contributed by atoms with Gasteiger partial charge in [-0.05, 0) is 26.0 Å². The van der Waals surface area contributed by atoms with E-state index in [1.165, 1.54) is 17.4 Å². The van der Waals surface area contributed by atoms with Crippen molar-refractivity contribution in [2.45, 2.75) is 19.4 Å². The third kappa shape index (κ3) is 3.13. The van der Waals surface area contributed by atoms with Crippen molar-refractivity contribution in [2.75, 3.05) is 13.1 Å². The topological polar surface area (TPSA) is 86.7 Å². The van der Waals surface area contributed by atoms with Crippen LogP contribution in [0.4, 0.5) is 0 Å². The third-order valence-corrected chi connectivity index (χ3v) is 4.25. The van der Waals surface area contributed by atoms with E-state index in [-0.39, 0.29) is 11.8 Å². The van der Waals surface area contributed by atoms with Crippen LogP contribution in [0, 0.1) is 0 Å². The smallest absolute Gasteiger partial charge is 0.328 e. The fraction of sp³-hybridized carbons (Fsp3) is 0.357. The Morgan fingerprint density at radius 1 is 1.48 bits per heavy atom. The Bertz CT molecular complexity index is 618. The lowest BCUT2D eigenvalue weighted by molar-refractivity contribution is -0.133. The lowest BCUT2D eigenvalue weighted by Crippen LogP contribution is -2.63. The zero-order valence-corrected chi connectivity index (χ0v) is 12.6. The zero-order valence-electron chi connectivity index (χ0n) is 11.8. The number of amides is 2. The SMILES string of the molecule is CC1(C)C(=O)NCCN1C(=O)c1csc(C=CC(=O)O)c1. The van der Waals surface area contributed by atoms with Gasteiger partial charge in [0.2, 0.25) is 5.91 Å². The molecule has 1 aromatic heterocycles. The van der Waals surface area contributed by atoms with Gasteiger partial charge in [-0.2, -0.15) is 0 Å². The number of hydrogen-bond acceptors (Lipinski definition) is 4. The highest BCUT2D eigenvalue weighted by Crippen LogP contribution is 2.24. The summed E-state index contributed by atoms with van der Waals surface area (Å²) in [7, 11) is 0. The van der Waals surface area contributed by atoms with Crippen LogP contribution in [0.15, 0.2) is 17.5 Å². The van der Waals surface area contributed by atoms with Gasteiger partial charge in [0, 0.05) is 29.4 Å². The molecule has 2 amide bonds. The molecule has 0 aliphatic carbocycles.